The third kappa shape index (κ3) is 4.68. The van der Waals surface area contributed by atoms with E-state index < -0.39 is 17.8 Å². The molecule has 7 heteroatoms. The minimum Gasteiger partial charge on any atom is -0.463 e. The highest BCUT2D eigenvalue weighted by Gasteiger charge is 2.35. The topological polar surface area (TPSA) is 60.7 Å². The summed E-state index contributed by atoms with van der Waals surface area (Å²) in [6, 6.07) is 32.7. The van der Waals surface area contributed by atoms with E-state index in [0.29, 0.717) is 20.6 Å². The normalized spacial score (nSPS) is 15.0. The second kappa shape index (κ2) is 10.9. The summed E-state index contributed by atoms with van der Waals surface area (Å²) < 4.78 is 21.6. The number of aromatic nitrogens is 1. The third-order valence-electron chi connectivity index (χ3n) is 7.65. The molecule has 1 aliphatic rings. The standard InChI is InChI=1S/C36H25FN2O3S/c1-2-42-35(41)31-32(22-10-4-3-5-11-22)38-36-39(33(31)23-16-18-26(37)19-17-23)34(40)30(43-36)21-29-27-14-8-6-12-24(27)20-25-13-7-9-15-28(25)29/h3-21,33H,2H2,1H3/b30-21-/t33-/m0/s1. The Morgan fingerprint density at radius 3 is 2.19 bits per heavy atom. The number of carbonyl (C=O) groups excluding carboxylic acids is 1. The monoisotopic (exact) mass is 584 g/mol. The number of thiazole rings is 1. The Bertz CT molecular complexity index is 2200. The van der Waals surface area contributed by atoms with E-state index in [1.807, 2.05) is 60.7 Å². The van der Waals surface area contributed by atoms with Crippen molar-refractivity contribution in [2.24, 2.45) is 4.99 Å². The van der Waals surface area contributed by atoms with Crippen LogP contribution in [0.4, 0.5) is 4.39 Å². The van der Waals surface area contributed by atoms with Gasteiger partial charge in [-0.2, -0.15) is 0 Å². The largest absolute Gasteiger partial charge is 0.463 e. The van der Waals surface area contributed by atoms with Crippen molar-refractivity contribution in [2.75, 3.05) is 6.61 Å². The van der Waals surface area contributed by atoms with Gasteiger partial charge in [-0.15, -0.1) is 0 Å². The minimum absolute atomic E-state index is 0.152. The van der Waals surface area contributed by atoms with E-state index in [1.54, 1.807) is 19.1 Å². The lowest BCUT2D eigenvalue weighted by atomic mass is 9.93. The Morgan fingerprint density at radius 2 is 1.53 bits per heavy atom. The lowest BCUT2D eigenvalue weighted by molar-refractivity contribution is -0.138. The van der Waals surface area contributed by atoms with E-state index in [4.69, 9.17) is 9.73 Å². The lowest BCUT2D eigenvalue weighted by Gasteiger charge is -2.25. The van der Waals surface area contributed by atoms with Crippen LogP contribution in [0.15, 0.2) is 125 Å². The molecule has 0 aliphatic carbocycles. The molecule has 6 aromatic rings. The number of nitrogens with zero attached hydrogens (tertiary/aromatic N) is 2. The summed E-state index contributed by atoms with van der Waals surface area (Å²) in [6.45, 7) is 1.89. The van der Waals surface area contributed by atoms with Gasteiger partial charge in [0.2, 0.25) is 0 Å². The first kappa shape index (κ1) is 26.7. The second-order valence-corrected chi connectivity index (χ2v) is 11.2. The van der Waals surface area contributed by atoms with Gasteiger partial charge < -0.3 is 4.74 Å². The van der Waals surface area contributed by atoms with Gasteiger partial charge >= 0.3 is 5.97 Å². The van der Waals surface area contributed by atoms with Crippen molar-refractivity contribution in [3.05, 3.63) is 157 Å². The molecule has 5 nitrogen and oxygen atoms in total. The number of halogens is 1. The maximum absolute atomic E-state index is 14.3. The molecule has 1 atom stereocenters. The fraction of sp³-hybridized carbons (Fsp3) is 0.0833. The molecule has 0 saturated heterocycles. The SMILES string of the molecule is CCOC(=O)C1=C(c2ccccc2)N=c2s/c(=C\c3c4ccccc4cc4ccccc34)c(=O)n2[C@H]1c1ccc(F)cc1. The molecule has 43 heavy (non-hydrogen) atoms. The van der Waals surface area contributed by atoms with Crippen molar-refractivity contribution < 1.29 is 13.9 Å². The van der Waals surface area contributed by atoms with Crippen LogP contribution in [0.1, 0.15) is 29.7 Å². The van der Waals surface area contributed by atoms with Gasteiger partial charge in [-0.3, -0.25) is 9.36 Å². The summed E-state index contributed by atoms with van der Waals surface area (Å²) >= 11 is 1.27. The molecule has 0 spiro atoms. The summed E-state index contributed by atoms with van der Waals surface area (Å²) in [4.78, 5) is 33.3. The first-order chi connectivity index (χ1) is 21.0. The first-order valence-electron chi connectivity index (χ1n) is 14.0. The first-order valence-corrected chi connectivity index (χ1v) is 14.8. The summed E-state index contributed by atoms with van der Waals surface area (Å²) in [5.74, 6) is -0.988. The van der Waals surface area contributed by atoms with Crippen molar-refractivity contribution >= 4 is 50.6 Å². The van der Waals surface area contributed by atoms with Gasteiger partial charge in [0, 0.05) is 5.56 Å². The number of hydrogen-bond donors (Lipinski definition) is 0. The van der Waals surface area contributed by atoms with E-state index in [2.05, 4.69) is 30.3 Å². The number of rotatable bonds is 5. The minimum atomic E-state index is -0.863. The molecule has 2 heterocycles. The van der Waals surface area contributed by atoms with Crippen LogP contribution in [0, 0.1) is 5.82 Å². The number of carbonyl (C=O) groups is 1. The highest BCUT2D eigenvalue weighted by Crippen LogP contribution is 2.35. The highest BCUT2D eigenvalue weighted by molar-refractivity contribution is 7.07. The molecule has 0 saturated carbocycles. The van der Waals surface area contributed by atoms with Gasteiger partial charge in [0.25, 0.3) is 5.56 Å². The summed E-state index contributed by atoms with van der Waals surface area (Å²) in [7, 11) is 0. The van der Waals surface area contributed by atoms with Crippen LogP contribution in [0.5, 0.6) is 0 Å². The van der Waals surface area contributed by atoms with Crippen LogP contribution >= 0.6 is 11.3 Å². The Kier molecular flexibility index (Phi) is 6.80. The Labute approximate surface area is 250 Å². The Morgan fingerprint density at radius 1 is 0.907 bits per heavy atom. The summed E-state index contributed by atoms with van der Waals surface area (Å²) in [5, 5.41) is 4.19. The second-order valence-electron chi connectivity index (χ2n) is 10.2. The predicted octanol–water partition coefficient (Wildman–Crippen LogP) is 6.38. The number of hydrogen-bond acceptors (Lipinski definition) is 5. The number of ether oxygens (including phenoxy) is 1. The van der Waals surface area contributed by atoms with E-state index in [9.17, 15) is 14.0 Å². The number of fused-ring (bicyclic) bond motifs is 3. The van der Waals surface area contributed by atoms with E-state index >= 15 is 0 Å². The number of esters is 1. The van der Waals surface area contributed by atoms with E-state index in [-0.39, 0.29) is 17.7 Å². The fourth-order valence-electron chi connectivity index (χ4n) is 5.74. The van der Waals surface area contributed by atoms with E-state index in [1.165, 1.54) is 28.0 Å². The van der Waals surface area contributed by atoms with Crippen LogP contribution in [-0.4, -0.2) is 17.1 Å². The molecule has 0 unspecified atom stereocenters. The molecular weight excluding hydrogens is 559 g/mol. The zero-order valence-electron chi connectivity index (χ0n) is 23.2. The van der Waals surface area contributed by atoms with Gasteiger partial charge in [0.1, 0.15) is 5.82 Å². The molecule has 0 N–H and O–H groups in total. The number of benzene rings is 5. The molecule has 210 valence electrons. The van der Waals surface area contributed by atoms with Crippen LogP contribution in [-0.2, 0) is 9.53 Å². The van der Waals surface area contributed by atoms with Gasteiger partial charge in [-0.05, 0) is 63.9 Å². The van der Waals surface area contributed by atoms with Gasteiger partial charge in [-0.1, -0.05) is 102 Å². The molecular formula is C36H25FN2O3S. The predicted molar refractivity (Wildman–Crippen MR) is 169 cm³/mol. The summed E-state index contributed by atoms with van der Waals surface area (Å²) in [5.41, 5.74) is 2.60. The zero-order valence-corrected chi connectivity index (χ0v) is 24.0. The van der Waals surface area contributed by atoms with Crippen molar-refractivity contribution in [1.82, 2.24) is 4.57 Å². The third-order valence-corrected chi connectivity index (χ3v) is 8.63. The van der Waals surface area contributed by atoms with E-state index in [0.717, 1.165) is 32.7 Å². The van der Waals surface area contributed by atoms with Crippen molar-refractivity contribution in [3.8, 4) is 0 Å². The van der Waals surface area contributed by atoms with Crippen LogP contribution in [0.2, 0.25) is 0 Å². The fourth-order valence-corrected chi connectivity index (χ4v) is 6.72. The molecule has 1 aromatic heterocycles. The van der Waals surface area contributed by atoms with Gasteiger partial charge in [0.15, 0.2) is 4.80 Å². The molecule has 0 radical (unpaired) electrons. The van der Waals surface area contributed by atoms with Crippen molar-refractivity contribution in [2.45, 2.75) is 13.0 Å². The molecule has 0 amide bonds. The Balaban J connectivity index is 1.56. The molecule has 5 aromatic carbocycles. The molecule has 7 rings (SSSR count). The maximum atomic E-state index is 14.3. The molecule has 0 fully saturated rings. The van der Waals surface area contributed by atoms with Gasteiger partial charge in [0.05, 0.1) is 28.5 Å². The summed E-state index contributed by atoms with van der Waals surface area (Å²) in [6.07, 6.45) is 1.92. The van der Waals surface area contributed by atoms with Crippen molar-refractivity contribution in [1.29, 1.82) is 0 Å². The highest BCUT2D eigenvalue weighted by atomic mass is 32.1. The van der Waals surface area contributed by atoms with Gasteiger partial charge in [-0.25, -0.2) is 14.2 Å². The van der Waals surface area contributed by atoms with Crippen LogP contribution < -0.4 is 14.9 Å². The zero-order chi connectivity index (χ0) is 29.5. The average Bonchev–Trinajstić information content (AvgIpc) is 3.35. The van der Waals surface area contributed by atoms with Crippen LogP contribution in [0.25, 0.3) is 33.3 Å². The quantitative estimate of drug-likeness (QED) is 0.175. The Hall–Kier alpha value is -5.14. The lowest BCUT2D eigenvalue weighted by Crippen LogP contribution is -2.40. The maximum Gasteiger partial charge on any atom is 0.338 e. The molecule has 0 bridgehead atoms. The smallest absolute Gasteiger partial charge is 0.338 e. The molecule has 1 aliphatic heterocycles. The van der Waals surface area contributed by atoms with Crippen molar-refractivity contribution in [3.63, 3.8) is 0 Å². The average molecular weight is 585 g/mol. The van der Waals surface area contributed by atoms with Crippen LogP contribution in [0.3, 0.4) is 0 Å².